The molecule has 1 aliphatic heterocycles. The number of pyridine rings is 1. The zero-order valence-electron chi connectivity index (χ0n) is 16.0. The summed E-state index contributed by atoms with van der Waals surface area (Å²) < 4.78 is 0. The van der Waals surface area contributed by atoms with Crippen molar-refractivity contribution in [3.8, 4) is 0 Å². The van der Waals surface area contributed by atoms with Crippen molar-refractivity contribution in [1.29, 1.82) is 0 Å². The number of halogens is 1. The van der Waals surface area contributed by atoms with Crippen LogP contribution in [0.25, 0.3) is 0 Å². The van der Waals surface area contributed by atoms with Crippen molar-refractivity contribution in [2.75, 3.05) is 36.4 Å². The number of carbonyl (C=O) groups is 2. The highest BCUT2D eigenvalue weighted by atomic mass is 35.5. The average molecular weight is 423 g/mol. The second-order valence-electron chi connectivity index (χ2n) is 6.74. The lowest BCUT2D eigenvalue weighted by atomic mass is 10.2. The minimum absolute atomic E-state index is 0.115. The molecule has 1 saturated heterocycles. The fraction of sp³-hybridized carbons (Fsp3) is 0.190. The number of rotatable bonds is 4. The van der Waals surface area contributed by atoms with Crippen LogP contribution in [0.2, 0.25) is 5.02 Å². The summed E-state index contributed by atoms with van der Waals surface area (Å²) >= 11 is 5.85. The number of carbonyl (C=O) groups excluding carboxylic acids is 2. The van der Waals surface area contributed by atoms with Gasteiger partial charge in [0.15, 0.2) is 0 Å². The lowest BCUT2D eigenvalue weighted by Gasteiger charge is -2.35. The van der Waals surface area contributed by atoms with Crippen LogP contribution < -0.4 is 10.2 Å². The second-order valence-corrected chi connectivity index (χ2v) is 7.17. The van der Waals surface area contributed by atoms with Crippen molar-refractivity contribution in [3.05, 3.63) is 77.5 Å². The van der Waals surface area contributed by atoms with E-state index in [1.54, 1.807) is 41.6 Å². The molecule has 1 aromatic carbocycles. The van der Waals surface area contributed by atoms with Crippen LogP contribution in [0.1, 0.15) is 20.8 Å². The van der Waals surface area contributed by atoms with Crippen LogP contribution in [-0.4, -0.2) is 57.8 Å². The van der Waals surface area contributed by atoms with Crippen molar-refractivity contribution in [2.24, 2.45) is 0 Å². The van der Waals surface area contributed by atoms with E-state index >= 15 is 0 Å². The highest BCUT2D eigenvalue weighted by Crippen LogP contribution is 2.18. The molecule has 4 rings (SSSR count). The van der Waals surface area contributed by atoms with Crippen molar-refractivity contribution in [3.63, 3.8) is 0 Å². The lowest BCUT2D eigenvalue weighted by molar-refractivity contribution is 0.0740. The van der Waals surface area contributed by atoms with E-state index in [1.807, 2.05) is 12.1 Å². The number of nitrogens with one attached hydrogen (secondary N) is 1. The maximum atomic E-state index is 12.5. The third kappa shape index (κ3) is 4.55. The van der Waals surface area contributed by atoms with Gasteiger partial charge >= 0.3 is 0 Å². The Hall–Kier alpha value is -3.52. The Kier molecular flexibility index (Phi) is 5.85. The molecule has 8 nitrogen and oxygen atoms in total. The maximum absolute atomic E-state index is 12.5. The van der Waals surface area contributed by atoms with Crippen molar-refractivity contribution in [1.82, 2.24) is 19.9 Å². The third-order valence-electron chi connectivity index (χ3n) is 4.79. The van der Waals surface area contributed by atoms with Crippen molar-refractivity contribution in [2.45, 2.75) is 0 Å². The summed E-state index contributed by atoms with van der Waals surface area (Å²) in [5.74, 6) is 0.458. The summed E-state index contributed by atoms with van der Waals surface area (Å²) in [5.41, 5.74) is 1.48. The van der Waals surface area contributed by atoms with Gasteiger partial charge < -0.3 is 15.1 Å². The number of aromatic nitrogens is 3. The van der Waals surface area contributed by atoms with Crippen LogP contribution in [0.3, 0.4) is 0 Å². The van der Waals surface area contributed by atoms with E-state index in [9.17, 15) is 9.59 Å². The first-order valence-electron chi connectivity index (χ1n) is 9.43. The second kappa shape index (κ2) is 8.87. The molecule has 0 saturated carbocycles. The zero-order valence-corrected chi connectivity index (χ0v) is 16.8. The highest BCUT2D eigenvalue weighted by Gasteiger charge is 2.23. The Morgan fingerprint density at radius 2 is 1.67 bits per heavy atom. The van der Waals surface area contributed by atoms with Crippen LogP contribution in [-0.2, 0) is 0 Å². The molecule has 1 N–H and O–H groups in total. The normalized spacial score (nSPS) is 13.8. The van der Waals surface area contributed by atoms with E-state index in [-0.39, 0.29) is 11.8 Å². The largest absolute Gasteiger partial charge is 0.353 e. The van der Waals surface area contributed by atoms with E-state index in [4.69, 9.17) is 11.6 Å². The Bertz CT molecular complexity index is 1020. The van der Waals surface area contributed by atoms with E-state index in [0.29, 0.717) is 48.1 Å². The molecule has 9 heteroatoms. The molecule has 0 atom stereocenters. The van der Waals surface area contributed by atoms with Gasteiger partial charge in [0, 0.05) is 49.2 Å². The Morgan fingerprint density at radius 3 is 2.30 bits per heavy atom. The summed E-state index contributed by atoms with van der Waals surface area (Å²) in [5, 5.41) is 3.40. The SMILES string of the molecule is O=C(Nc1ccc(N2CCN(C(=O)c3cnccn3)CC2)nc1)c1ccc(Cl)cc1. The van der Waals surface area contributed by atoms with Gasteiger partial charge in [-0.1, -0.05) is 11.6 Å². The van der Waals surface area contributed by atoms with Crippen molar-refractivity contribution < 1.29 is 9.59 Å². The minimum atomic E-state index is -0.225. The van der Waals surface area contributed by atoms with Gasteiger partial charge in [-0.3, -0.25) is 14.6 Å². The summed E-state index contributed by atoms with van der Waals surface area (Å²) in [6.07, 6.45) is 6.16. The fourth-order valence-corrected chi connectivity index (χ4v) is 3.29. The fourth-order valence-electron chi connectivity index (χ4n) is 3.16. The molecule has 30 heavy (non-hydrogen) atoms. The van der Waals surface area contributed by atoms with Gasteiger partial charge in [-0.15, -0.1) is 0 Å². The molecular weight excluding hydrogens is 404 g/mol. The number of piperazine rings is 1. The zero-order chi connectivity index (χ0) is 20.9. The van der Waals surface area contributed by atoms with Gasteiger partial charge in [0.2, 0.25) is 0 Å². The molecule has 3 aromatic rings. The molecular formula is C21H19ClN6O2. The molecule has 3 heterocycles. The molecule has 1 aliphatic rings. The number of amides is 2. The number of hydrogen-bond acceptors (Lipinski definition) is 6. The number of anilines is 2. The number of nitrogens with zero attached hydrogens (tertiary/aromatic N) is 5. The number of hydrogen-bond donors (Lipinski definition) is 1. The van der Waals surface area contributed by atoms with Crippen molar-refractivity contribution >= 4 is 34.9 Å². The Labute approximate surface area is 178 Å². The molecule has 0 spiro atoms. The van der Waals surface area contributed by atoms with Gasteiger partial charge in [0.05, 0.1) is 18.1 Å². The number of benzene rings is 1. The monoisotopic (exact) mass is 422 g/mol. The summed E-state index contributed by atoms with van der Waals surface area (Å²) in [7, 11) is 0. The summed E-state index contributed by atoms with van der Waals surface area (Å²) in [6, 6.07) is 10.4. The summed E-state index contributed by atoms with van der Waals surface area (Å²) in [6.45, 7) is 2.48. The topological polar surface area (TPSA) is 91.3 Å². The predicted molar refractivity (Wildman–Crippen MR) is 114 cm³/mol. The first kappa shape index (κ1) is 19.8. The highest BCUT2D eigenvalue weighted by molar-refractivity contribution is 6.30. The third-order valence-corrected chi connectivity index (χ3v) is 5.04. The minimum Gasteiger partial charge on any atom is -0.353 e. The molecule has 0 bridgehead atoms. The Balaban J connectivity index is 1.33. The predicted octanol–water partition coefficient (Wildman–Crippen LogP) is 2.74. The molecule has 0 unspecified atom stereocenters. The molecule has 0 aliphatic carbocycles. The van der Waals surface area contributed by atoms with E-state index in [2.05, 4.69) is 25.2 Å². The van der Waals surface area contributed by atoms with E-state index < -0.39 is 0 Å². The summed E-state index contributed by atoms with van der Waals surface area (Å²) in [4.78, 5) is 41.1. The average Bonchev–Trinajstić information content (AvgIpc) is 2.80. The van der Waals surface area contributed by atoms with Gasteiger partial charge in [-0.2, -0.15) is 0 Å². The van der Waals surface area contributed by atoms with E-state index in [1.165, 1.54) is 12.4 Å². The lowest BCUT2D eigenvalue weighted by Crippen LogP contribution is -2.49. The molecule has 152 valence electrons. The van der Waals surface area contributed by atoms with Crippen LogP contribution in [0, 0.1) is 0 Å². The van der Waals surface area contributed by atoms with E-state index in [0.717, 1.165) is 5.82 Å². The van der Waals surface area contributed by atoms with Crippen LogP contribution in [0.5, 0.6) is 0 Å². The smallest absolute Gasteiger partial charge is 0.274 e. The molecule has 1 fully saturated rings. The quantitative estimate of drug-likeness (QED) is 0.695. The maximum Gasteiger partial charge on any atom is 0.274 e. The van der Waals surface area contributed by atoms with Gasteiger partial charge in [-0.25, -0.2) is 9.97 Å². The van der Waals surface area contributed by atoms with Gasteiger partial charge in [0.1, 0.15) is 11.5 Å². The molecule has 2 aromatic heterocycles. The van der Waals surface area contributed by atoms with Crippen LogP contribution in [0.4, 0.5) is 11.5 Å². The molecule has 0 radical (unpaired) electrons. The van der Waals surface area contributed by atoms with Gasteiger partial charge in [-0.05, 0) is 36.4 Å². The molecule has 2 amide bonds. The standard InChI is InChI=1S/C21H19ClN6O2/c22-16-3-1-15(2-4-16)20(29)26-17-5-6-19(25-13-17)27-9-11-28(12-10-27)21(30)18-14-23-7-8-24-18/h1-8,13-14H,9-12H2,(H,26,29). The first-order valence-corrected chi connectivity index (χ1v) is 9.81. The Morgan fingerprint density at radius 1 is 0.900 bits per heavy atom. The first-order chi connectivity index (χ1) is 14.6. The van der Waals surface area contributed by atoms with Crippen LogP contribution >= 0.6 is 11.6 Å². The van der Waals surface area contributed by atoms with Gasteiger partial charge in [0.25, 0.3) is 11.8 Å². The van der Waals surface area contributed by atoms with Crippen LogP contribution in [0.15, 0.2) is 61.2 Å².